The molecular formula is C27H30N2O3S. The molecule has 4 rings (SSSR count). The summed E-state index contributed by atoms with van der Waals surface area (Å²) in [4.78, 5) is 15.2. The smallest absolute Gasteiger partial charge is 0.242 e. The largest absolute Gasteiger partial charge is 0.337 e. The SMILES string of the molecule is CC(C)N(C(=O)Cn1cc(S(=O)(=O)Cc2cccc3ccccc23)c2ccccc21)C(C)C. The number of carbonyl (C=O) groups excluding carboxylic acids is 1. The average molecular weight is 463 g/mol. The molecule has 0 aliphatic rings. The zero-order chi connectivity index (χ0) is 23.8. The maximum Gasteiger partial charge on any atom is 0.242 e. The van der Waals surface area contributed by atoms with Crippen molar-refractivity contribution in [2.75, 3.05) is 0 Å². The van der Waals surface area contributed by atoms with Crippen molar-refractivity contribution >= 4 is 37.4 Å². The summed E-state index contributed by atoms with van der Waals surface area (Å²) in [6.07, 6.45) is 1.63. The number of hydrogen-bond acceptors (Lipinski definition) is 3. The minimum atomic E-state index is -3.65. The van der Waals surface area contributed by atoms with Crippen molar-refractivity contribution in [3.05, 3.63) is 78.5 Å². The zero-order valence-corrected chi connectivity index (χ0v) is 20.3. The number of benzene rings is 3. The summed E-state index contributed by atoms with van der Waals surface area (Å²) in [5.41, 5.74) is 1.52. The van der Waals surface area contributed by atoms with Crippen molar-refractivity contribution in [2.45, 2.75) is 57.0 Å². The first-order valence-corrected chi connectivity index (χ1v) is 12.9. The molecule has 0 saturated carbocycles. The minimum Gasteiger partial charge on any atom is -0.337 e. The third-order valence-corrected chi connectivity index (χ3v) is 7.71. The quantitative estimate of drug-likeness (QED) is 0.369. The number of sulfone groups is 1. The standard InChI is InChI=1S/C27H30N2O3S/c1-19(2)29(20(3)4)27(30)17-28-16-26(24-14-7-8-15-25(24)28)33(31,32)18-22-12-9-11-21-10-5-6-13-23(21)22/h5-16,19-20H,17-18H2,1-4H3. The number of rotatable bonds is 7. The van der Waals surface area contributed by atoms with Crippen LogP contribution in [0.4, 0.5) is 0 Å². The highest BCUT2D eigenvalue weighted by molar-refractivity contribution is 7.91. The van der Waals surface area contributed by atoms with Crippen molar-refractivity contribution in [1.29, 1.82) is 0 Å². The van der Waals surface area contributed by atoms with Gasteiger partial charge in [0.1, 0.15) is 6.54 Å². The van der Waals surface area contributed by atoms with Gasteiger partial charge in [0.15, 0.2) is 9.84 Å². The topological polar surface area (TPSA) is 59.4 Å². The number of nitrogens with zero attached hydrogens (tertiary/aromatic N) is 2. The van der Waals surface area contributed by atoms with Gasteiger partial charge in [-0.2, -0.15) is 0 Å². The van der Waals surface area contributed by atoms with Gasteiger partial charge in [-0.15, -0.1) is 0 Å². The minimum absolute atomic E-state index is 0.0289. The molecule has 0 atom stereocenters. The molecule has 6 heteroatoms. The Morgan fingerprint density at radius 3 is 2.15 bits per heavy atom. The monoisotopic (exact) mass is 462 g/mol. The lowest BCUT2D eigenvalue weighted by molar-refractivity contribution is -0.135. The lowest BCUT2D eigenvalue weighted by Crippen LogP contribution is -2.43. The molecule has 1 amide bonds. The molecule has 172 valence electrons. The summed E-state index contributed by atoms with van der Waals surface area (Å²) in [7, 11) is -3.65. The van der Waals surface area contributed by atoms with Crippen molar-refractivity contribution in [1.82, 2.24) is 9.47 Å². The van der Waals surface area contributed by atoms with Gasteiger partial charge in [-0.05, 0) is 50.1 Å². The first kappa shape index (κ1) is 23.1. The highest BCUT2D eigenvalue weighted by atomic mass is 32.2. The third-order valence-electron chi connectivity index (χ3n) is 6.02. The van der Waals surface area contributed by atoms with E-state index in [9.17, 15) is 13.2 Å². The summed E-state index contributed by atoms with van der Waals surface area (Å²) >= 11 is 0. The van der Waals surface area contributed by atoms with Crippen LogP contribution in [0, 0.1) is 0 Å². The van der Waals surface area contributed by atoms with Crippen LogP contribution in [-0.2, 0) is 26.9 Å². The van der Waals surface area contributed by atoms with Crippen LogP contribution in [0.3, 0.4) is 0 Å². The lowest BCUT2D eigenvalue weighted by Gasteiger charge is -2.31. The van der Waals surface area contributed by atoms with E-state index < -0.39 is 9.84 Å². The average Bonchev–Trinajstić information content (AvgIpc) is 3.13. The number of aromatic nitrogens is 1. The normalized spacial score (nSPS) is 12.2. The van der Waals surface area contributed by atoms with Gasteiger partial charge in [0, 0.05) is 29.2 Å². The first-order chi connectivity index (χ1) is 15.7. The Morgan fingerprint density at radius 2 is 1.45 bits per heavy atom. The summed E-state index contributed by atoms with van der Waals surface area (Å²) in [6, 6.07) is 21.1. The molecule has 5 nitrogen and oxygen atoms in total. The van der Waals surface area contributed by atoms with Crippen LogP contribution in [0.25, 0.3) is 21.7 Å². The van der Waals surface area contributed by atoms with Crippen LogP contribution in [0.2, 0.25) is 0 Å². The number of hydrogen-bond donors (Lipinski definition) is 0. The molecule has 3 aromatic carbocycles. The Labute approximate surface area is 195 Å². The number of carbonyl (C=O) groups is 1. The van der Waals surface area contributed by atoms with Gasteiger partial charge in [-0.25, -0.2) is 8.42 Å². The molecule has 0 N–H and O–H groups in total. The fourth-order valence-corrected chi connectivity index (χ4v) is 6.30. The van der Waals surface area contributed by atoms with Crippen molar-refractivity contribution in [2.24, 2.45) is 0 Å². The number of para-hydroxylation sites is 1. The van der Waals surface area contributed by atoms with E-state index in [1.807, 2.05) is 99.3 Å². The molecule has 0 aliphatic heterocycles. The molecule has 0 spiro atoms. The number of amides is 1. The lowest BCUT2D eigenvalue weighted by atomic mass is 10.1. The van der Waals surface area contributed by atoms with Gasteiger partial charge in [0.25, 0.3) is 0 Å². The van der Waals surface area contributed by atoms with Crippen LogP contribution >= 0.6 is 0 Å². The van der Waals surface area contributed by atoms with E-state index in [2.05, 4.69) is 0 Å². The van der Waals surface area contributed by atoms with Crippen molar-refractivity contribution in [3.63, 3.8) is 0 Å². The molecule has 33 heavy (non-hydrogen) atoms. The molecular weight excluding hydrogens is 432 g/mol. The Kier molecular flexibility index (Phi) is 6.30. The van der Waals surface area contributed by atoms with Gasteiger partial charge in [-0.1, -0.05) is 60.7 Å². The van der Waals surface area contributed by atoms with E-state index in [-0.39, 0.29) is 35.2 Å². The van der Waals surface area contributed by atoms with Crippen LogP contribution < -0.4 is 0 Å². The van der Waals surface area contributed by atoms with Crippen LogP contribution in [0.1, 0.15) is 33.3 Å². The van der Waals surface area contributed by atoms with Gasteiger partial charge >= 0.3 is 0 Å². The molecule has 0 aliphatic carbocycles. The van der Waals surface area contributed by atoms with E-state index in [1.165, 1.54) is 0 Å². The molecule has 0 radical (unpaired) electrons. The maximum atomic E-state index is 13.6. The fourth-order valence-electron chi connectivity index (χ4n) is 4.69. The Hall–Kier alpha value is -3.12. The summed E-state index contributed by atoms with van der Waals surface area (Å²) < 4.78 is 29.0. The van der Waals surface area contributed by atoms with Crippen LogP contribution in [-0.4, -0.2) is 35.9 Å². The van der Waals surface area contributed by atoms with Gasteiger partial charge in [0.2, 0.25) is 5.91 Å². The zero-order valence-electron chi connectivity index (χ0n) is 19.5. The van der Waals surface area contributed by atoms with Gasteiger partial charge < -0.3 is 9.47 Å². The van der Waals surface area contributed by atoms with E-state index in [4.69, 9.17) is 0 Å². The van der Waals surface area contributed by atoms with E-state index in [1.54, 1.807) is 10.8 Å². The second-order valence-electron chi connectivity index (χ2n) is 9.02. The molecule has 1 heterocycles. The Balaban J connectivity index is 1.75. The molecule has 0 fully saturated rings. The Morgan fingerprint density at radius 1 is 0.848 bits per heavy atom. The Bertz CT molecular complexity index is 1400. The summed E-state index contributed by atoms with van der Waals surface area (Å²) in [5, 5.41) is 2.60. The van der Waals surface area contributed by atoms with E-state index in [0.29, 0.717) is 5.39 Å². The second kappa shape index (κ2) is 9.02. The first-order valence-electron chi connectivity index (χ1n) is 11.3. The van der Waals surface area contributed by atoms with Crippen molar-refractivity contribution < 1.29 is 13.2 Å². The molecule has 1 aromatic heterocycles. The van der Waals surface area contributed by atoms with Gasteiger partial charge in [-0.3, -0.25) is 4.79 Å². The molecule has 4 aromatic rings. The van der Waals surface area contributed by atoms with E-state index in [0.717, 1.165) is 21.9 Å². The highest BCUT2D eigenvalue weighted by Gasteiger charge is 2.25. The second-order valence-corrected chi connectivity index (χ2v) is 11.0. The van der Waals surface area contributed by atoms with Crippen LogP contribution in [0.5, 0.6) is 0 Å². The summed E-state index contributed by atoms with van der Waals surface area (Å²) in [5.74, 6) is -0.126. The number of fused-ring (bicyclic) bond motifs is 2. The predicted molar refractivity (Wildman–Crippen MR) is 134 cm³/mol. The predicted octanol–water partition coefficient (Wildman–Crippen LogP) is 5.41. The summed E-state index contributed by atoms with van der Waals surface area (Å²) in [6.45, 7) is 8.07. The third kappa shape index (κ3) is 4.53. The van der Waals surface area contributed by atoms with E-state index >= 15 is 0 Å². The fraction of sp³-hybridized carbons (Fsp3) is 0.296. The van der Waals surface area contributed by atoms with Crippen LogP contribution in [0.15, 0.2) is 77.8 Å². The van der Waals surface area contributed by atoms with Gasteiger partial charge in [0.05, 0.1) is 10.6 Å². The highest BCUT2D eigenvalue weighted by Crippen LogP contribution is 2.30. The molecule has 0 saturated heterocycles. The van der Waals surface area contributed by atoms with Crippen molar-refractivity contribution in [3.8, 4) is 0 Å². The molecule has 0 unspecified atom stereocenters. The maximum absolute atomic E-state index is 13.6. The molecule has 0 bridgehead atoms.